The number of rotatable bonds is 3. The van der Waals surface area contributed by atoms with Gasteiger partial charge >= 0.3 is 0 Å². The monoisotopic (exact) mass is 408 g/mol. The molecule has 2 aliphatic heterocycles. The number of benzene rings is 1. The minimum absolute atomic E-state index is 0.125. The number of fused-ring (bicyclic) bond motifs is 1. The van der Waals surface area contributed by atoms with Crippen molar-refractivity contribution in [2.45, 2.75) is 6.54 Å². The molecule has 1 saturated heterocycles. The Hall–Kier alpha value is -1.57. The molecule has 0 radical (unpaired) electrons. The second-order valence-corrected chi connectivity index (χ2v) is 8.19. The van der Waals surface area contributed by atoms with Crippen LogP contribution in [0.25, 0.3) is 0 Å². The first-order valence-corrected chi connectivity index (χ1v) is 9.50. The van der Waals surface area contributed by atoms with Crippen molar-refractivity contribution < 1.29 is 14.3 Å². The van der Waals surface area contributed by atoms with Crippen molar-refractivity contribution in [3.63, 3.8) is 0 Å². The van der Waals surface area contributed by atoms with Gasteiger partial charge in [0.05, 0.1) is 9.35 Å². The van der Waals surface area contributed by atoms with E-state index < -0.39 is 0 Å². The number of amides is 1. The van der Waals surface area contributed by atoms with Crippen LogP contribution in [0.1, 0.15) is 15.9 Å². The lowest BCUT2D eigenvalue weighted by atomic mass is 10.1. The molecule has 1 fully saturated rings. The molecular weight excluding hydrogens is 392 g/mol. The van der Waals surface area contributed by atoms with E-state index in [1.807, 2.05) is 28.5 Å². The zero-order valence-corrected chi connectivity index (χ0v) is 15.4. The Morgan fingerprint density at radius 1 is 1.12 bits per heavy atom. The zero-order chi connectivity index (χ0) is 16.5. The summed E-state index contributed by atoms with van der Waals surface area (Å²) in [4.78, 5) is 16.8. The zero-order valence-electron chi connectivity index (χ0n) is 13.0. The van der Waals surface area contributed by atoms with E-state index in [0.717, 1.165) is 53.6 Å². The summed E-state index contributed by atoms with van der Waals surface area (Å²) in [6, 6.07) is 7.98. The van der Waals surface area contributed by atoms with E-state index in [1.54, 1.807) is 11.3 Å². The number of hydrogen-bond acceptors (Lipinski definition) is 5. The first kappa shape index (κ1) is 15.9. The van der Waals surface area contributed by atoms with Gasteiger partial charge in [0, 0.05) is 38.1 Å². The summed E-state index contributed by atoms with van der Waals surface area (Å²) in [6.07, 6.45) is 0. The Kier molecular flexibility index (Phi) is 4.47. The molecular formula is C17H17BrN2O3S. The molecule has 0 unspecified atom stereocenters. The predicted octanol–water partition coefficient (Wildman–Crippen LogP) is 3.20. The molecule has 3 heterocycles. The van der Waals surface area contributed by atoms with Crippen LogP contribution in [0.2, 0.25) is 0 Å². The predicted molar refractivity (Wildman–Crippen MR) is 95.8 cm³/mol. The summed E-state index contributed by atoms with van der Waals surface area (Å²) >= 11 is 4.96. The average molecular weight is 409 g/mol. The minimum atomic E-state index is 0.125. The molecule has 0 spiro atoms. The summed E-state index contributed by atoms with van der Waals surface area (Å²) in [5, 5.41) is 1.91. The lowest BCUT2D eigenvalue weighted by Gasteiger charge is -2.34. The average Bonchev–Trinajstić information content (AvgIpc) is 3.23. The molecule has 1 aromatic carbocycles. The number of hydrogen-bond donors (Lipinski definition) is 0. The van der Waals surface area contributed by atoms with Gasteiger partial charge in [0.1, 0.15) is 0 Å². The largest absolute Gasteiger partial charge is 0.454 e. The van der Waals surface area contributed by atoms with Crippen molar-refractivity contribution in [3.05, 3.63) is 44.6 Å². The summed E-state index contributed by atoms with van der Waals surface area (Å²) in [6.45, 7) is 4.45. The van der Waals surface area contributed by atoms with Crippen LogP contribution < -0.4 is 9.47 Å². The van der Waals surface area contributed by atoms with Gasteiger partial charge in [-0.1, -0.05) is 6.07 Å². The fraction of sp³-hybridized carbons (Fsp3) is 0.353. The van der Waals surface area contributed by atoms with Gasteiger partial charge in [0.25, 0.3) is 5.91 Å². The Morgan fingerprint density at radius 2 is 1.92 bits per heavy atom. The van der Waals surface area contributed by atoms with Crippen LogP contribution in [0.5, 0.6) is 11.5 Å². The van der Waals surface area contributed by atoms with Crippen molar-refractivity contribution in [3.8, 4) is 11.5 Å². The molecule has 126 valence electrons. The van der Waals surface area contributed by atoms with Crippen LogP contribution in [0, 0.1) is 0 Å². The third-order valence-electron chi connectivity index (χ3n) is 4.32. The number of carbonyl (C=O) groups excluding carboxylic acids is 1. The Morgan fingerprint density at radius 3 is 2.67 bits per heavy atom. The number of piperazine rings is 1. The third kappa shape index (κ3) is 3.29. The normalized spacial score (nSPS) is 17.3. The fourth-order valence-electron chi connectivity index (χ4n) is 3.01. The van der Waals surface area contributed by atoms with E-state index >= 15 is 0 Å². The smallest absolute Gasteiger partial charge is 0.254 e. The van der Waals surface area contributed by atoms with Gasteiger partial charge in [-0.05, 0) is 39.7 Å². The minimum Gasteiger partial charge on any atom is -0.454 e. The van der Waals surface area contributed by atoms with Gasteiger partial charge in [-0.25, -0.2) is 0 Å². The maximum Gasteiger partial charge on any atom is 0.254 e. The lowest BCUT2D eigenvalue weighted by molar-refractivity contribution is 0.0629. The number of nitrogens with zero attached hydrogens (tertiary/aromatic N) is 2. The molecule has 0 N–H and O–H groups in total. The molecule has 24 heavy (non-hydrogen) atoms. The lowest BCUT2D eigenvalue weighted by Crippen LogP contribution is -2.48. The number of thiophene rings is 1. The van der Waals surface area contributed by atoms with Crippen LogP contribution in [0.4, 0.5) is 0 Å². The molecule has 7 heteroatoms. The van der Waals surface area contributed by atoms with Crippen LogP contribution in [-0.4, -0.2) is 48.7 Å². The Balaban J connectivity index is 1.34. The number of halogens is 1. The maximum atomic E-state index is 12.5. The van der Waals surface area contributed by atoms with Crippen LogP contribution in [0.15, 0.2) is 33.4 Å². The van der Waals surface area contributed by atoms with Crippen LogP contribution in [0.3, 0.4) is 0 Å². The quantitative estimate of drug-likeness (QED) is 0.781. The molecule has 1 amide bonds. The van der Waals surface area contributed by atoms with Crippen molar-refractivity contribution in [1.29, 1.82) is 0 Å². The summed E-state index contributed by atoms with van der Waals surface area (Å²) < 4.78 is 11.8. The first-order chi connectivity index (χ1) is 11.7. The molecule has 0 saturated carbocycles. The second kappa shape index (κ2) is 6.74. The first-order valence-electron chi connectivity index (χ1n) is 7.83. The molecule has 1 aromatic heterocycles. The molecule has 2 aromatic rings. The van der Waals surface area contributed by atoms with Crippen LogP contribution in [-0.2, 0) is 6.54 Å². The second-order valence-electron chi connectivity index (χ2n) is 5.90. The summed E-state index contributed by atoms with van der Waals surface area (Å²) in [5.74, 6) is 1.76. The van der Waals surface area contributed by atoms with E-state index in [0.29, 0.717) is 6.79 Å². The van der Waals surface area contributed by atoms with E-state index in [4.69, 9.17) is 9.47 Å². The summed E-state index contributed by atoms with van der Waals surface area (Å²) in [5.41, 5.74) is 1.98. The maximum absolute atomic E-state index is 12.5. The van der Waals surface area contributed by atoms with Crippen molar-refractivity contribution in [1.82, 2.24) is 9.80 Å². The van der Waals surface area contributed by atoms with E-state index in [-0.39, 0.29) is 5.91 Å². The standard InChI is InChI=1S/C17H17BrN2O3S/c18-16-8-13(10-24-16)17(21)20-5-3-19(4-6-20)9-12-1-2-14-15(7-12)23-11-22-14/h1-2,7-8,10H,3-6,9,11H2. The highest BCUT2D eigenvalue weighted by Crippen LogP contribution is 2.32. The Bertz CT molecular complexity index is 756. The molecule has 0 aliphatic carbocycles. The van der Waals surface area contributed by atoms with Gasteiger partial charge in [0.2, 0.25) is 6.79 Å². The van der Waals surface area contributed by atoms with Gasteiger partial charge in [-0.3, -0.25) is 9.69 Å². The fourth-order valence-corrected chi connectivity index (χ4v) is 4.14. The van der Waals surface area contributed by atoms with Gasteiger partial charge in [0.15, 0.2) is 11.5 Å². The topological polar surface area (TPSA) is 42.0 Å². The van der Waals surface area contributed by atoms with Gasteiger partial charge in [-0.15, -0.1) is 11.3 Å². The highest BCUT2D eigenvalue weighted by Gasteiger charge is 2.23. The van der Waals surface area contributed by atoms with E-state index in [9.17, 15) is 4.79 Å². The highest BCUT2D eigenvalue weighted by atomic mass is 79.9. The van der Waals surface area contributed by atoms with Crippen molar-refractivity contribution in [2.75, 3.05) is 33.0 Å². The molecule has 2 aliphatic rings. The van der Waals surface area contributed by atoms with Crippen LogP contribution >= 0.6 is 27.3 Å². The Labute approximate surface area is 152 Å². The SMILES string of the molecule is O=C(c1csc(Br)c1)N1CCN(Cc2ccc3c(c2)OCO3)CC1. The summed E-state index contributed by atoms with van der Waals surface area (Å²) in [7, 11) is 0. The molecule has 0 bridgehead atoms. The van der Waals surface area contributed by atoms with Gasteiger partial charge in [-0.2, -0.15) is 0 Å². The van der Waals surface area contributed by atoms with Crippen molar-refractivity contribution in [2.24, 2.45) is 0 Å². The van der Waals surface area contributed by atoms with E-state index in [2.05, 4.69) is 26.9 Å². The molecule has 0 atom stereocenters. The highest BCUT2D eigenvalue weighted by molar-refractivity contribution is 9.11. The van der Waals surface area contributed by atoms with E-state index in [1.165, 1.54) is 5.56 Å². The molecule has 4 rings (SSSR count). The molecule has 5 nitrogen and oxygen atoms in total. The third-order valence-corrected chi connectivity index (χ3v) is 5.82. The van der Waals surface area contributed by atoms with Crippen molar-refractivity contribution >= 4 is 33.2 Å². The number of ether oxygens (including phenoxy) is 2. The number of carbonyl (C=O) groups is 1. The van der Waals surface area contributed by atoms with Gasteiger partial charge < -0.3 is 14.4 Å².